The predicted octanol–water partition coefficient (Wildman–Crippen LogP) is 7.15. The van der Waals surface area contributed by atoms with Crippen molar-refractivity contribution in [3.63, 3.8) is 0 Å². The first-order chi connectivity index (χ1) is 15.9. The van der Waals surface area contributed by atoms with Gasteiger partial charge in [-0.2, -0.15) is 0 Å². The zero-order valence-electron chi connectivity index (χ0n) is 17.8. The molecule has 0 fully saturated rings. The maximum Gasteiger partial charge on any atom is 0.119 e. The van der Waals surface area contributed by atoms with E-state index in [4.69, 9.17) is 10.3 Å². The molecule has 0 radical (unpaired) electrons. The Morgan fingerprint density at radius 2 is 1.06 bits per heavy atom. The molecule has 0 saturated heterocycles. The van der Waals surface area contributed by atoms with Gasteiger partial charge in [-0.3, -0.25) is 0 Å². The molecule has 4 aromatic carbocycles. The molecule has 4 heteroatoms. The lowest BCUT2D eigenvalue weighted by molar-refractivity contribution is 0.313. The first kappa shape index (κ1) is 21.2. The highest BCUT2D eigenvalue weighted by Gasteiger charge is 2.38. The van der Waals surface area contributed by atoms with E-state index in [2.05, 4.69) is 113 Å². The second-order valence-electron chi connectivity index (χ2n) is 7.53. The lowest BCUT2D eigenvalue weighted by atomic mass is 9.65. The Morgan fingerprint density at radius 1 is 0.625 bits per heavy atom. The number of benzene rings is 4. The lowest BCUT2D eigenvalue weighted by Crippen LogP contribution is -2.30. The van der Waals surface area contributed by atoms with Crippen LogP contribution in [0.2, 0.25) is 0 Å². The van der Waals surface area contributed by atoms with Crippen molar-refractivity contribution >= 4 is 0 Å². The van der Waals surface area contributed by atoms with E-state index in [-0.39, 0.29) is 0 Å². The molecule has 0 amide bonds. The summed E-state index contributed by atoms with van der Waals surface area (Å²) in [4.78, 5) is 2.77. The summed E-state index contributed by atoms with van der Waals surface area (Å²) in [5.41, 5.74) is 12.7. The molecule has 0 saturated carbocycles. The summed E-state index contributed by atoms with van der Waals surface area (Å²) in [5, 5.41) is 3.55. The Kier molecular flexibility index (Phi) is 6.86. The van der Waals surface area contributed by atoms with Gasteiger partial charge in [-0.15, -0.1) is 0 Å². The minimum atomic E-state index is -0.455. The second kappa shape index (κ2) is 10.3. The van der Waals surface area contributed by atoms with Gasteiger partial charge in [-0.25, -0.2) is 0 Å². The SMILES string of the molecule is [N-]=[N+]=NCCCOc1ccc(C(c2ccccc2)(c2ccccc2)c2ccccc2)cc1. The van der Waals surface area contributed by atoms with E-state index in [0.717, 1.165) is 5.75 Å². The van der Waals surface area contributed by atoms with Crippen LogP contribution in [-0.2, 0) is 5.41 Å². The molecule has 0 bridgehead atoms. The highest BCUT2D eigenvalue weighted by atomic mass is 16.5. The van der Waals surface area contributed by atoms with Gasteiger partial charge in [0, 0.05) is 11.5 Å². The van der Waals surface area contributed by atoms with Crippen molar-refractivity contribution in [2.45, 2.75) is 11.8 Å². The van der Waals surface area contributed by atoms with Crippen molar-refractivity contribution in [2.24, 2.45) is 5.11 Å². The van der Waals surface area contributed by atoms with E-state index in [1.165, 1.54) is 22.3 Å². The van der Waals surface area contributed by atoms with Gasteiger partial charge in [0.1, 0.15) is 5.75 Å². The monoisotopic (exact) mass is 419 g/mol. The van der Waals surface area contributed by atoms with Gasteiger partial charge in [0.2, 0.25) is 0 Å². The van der Waals surface area contributed by atoms with Crippen LogP contribution >= 0.6 is 0 Å². The fourth-order valence-electron chi connectivity index (χ4n) is 4.24. The molecule has 4 aromatic rings. The van der Waals surface area contributed by atoms with E-state index in [9.17, 15) is 0 Å². The largest absolute Gasteiger partial charge is 0.494 e. The van der Waals surface area contributed by atoms with Gasteiger partial charge in [0.05, 0.1) is 12.0 Å². The maximum atomic E-state index is 8.39. The normalized spacial score (nSPS) is 10.9. The molecule has 4 nitrogen and oxygen atoms in total. The second-order valence-corrected chi connectivity index (χ2v) is 7.53. The molecular formula is C28H25N3O. The first-order valence-electron chi connectivity index (χ1n) is 10.8. The van der Waals surface area contributed by atoms with Crippen molar-refractivity contribution in [1.82, 2.24) is 0 Å². The summed E-state index contributed by atoms with van der Waals surface area (Å²) >= 11 is 0. The van der Waals surface area contributed by atoms with Crippen molar-refractivity contribution in [3.8, 4) is 5.75 Å². The third-order valence-corrected chi connectivity index (χ3v) is 5.64. The van der Waals surface area contributed by atoms with Crippen LogP contribution in [0.15, 0.2) is 120 Å². The molecule has 32 heavy (non-hydrogen) atoms. The fraction of sp³-hybridized carbons (Fsp3) is 0.143. The molecule has 0 aliphatic carbocycles. The van der Waals surface area contributed by atoms with Gasteiger partial charge in [0.25, 0.3) is 0 Å². The topological polar surface area (TPSA) is 58.0 Å². The summed E-state index contributed by atoms with van der Waals surface area (Å²) in [6, 6.07) is 40.2. The number of hydrogen-bond donors (Lipinski definition) is 0. The summed E-state index contributed by atoms with van der Waals surface area (Å²) in [7, 11) is 0. The van der Waals surface area contributed by atoms with Gasteiger partial charge >= 0.3 is 0 Å². The lowest BCUT2D eigenvalue weighted by Gasteiger charge is -2.36. The molecule has 0 aromatic heterocycles. The third kappa shape index (κ3) is 4.36. The predicted molar refractivity (Wildman–Crippen MR) is 129 cm³/mol. The summed E-state index contributed by atoms with van der Waals surface area (Å²) in [5.74, 6) is 0.803. The number of rotatable bonds is 9. The van der Waals surface area contributed by atoms with Crippen LogP contribution in [0, 0.1) is 0 Å². The van der Waals surface area contributed by atoms with Crippen LogP contribution in [0.1, 0.15) is 28.7 Å². The van der Waals surface area contributed by atoms with Crippen molar-refractivity contribution < 1.29 is 4.74 Å². The number of ether oxygens (including phenoxy) is 1. The van der Waals surface area contributed by atoms with E-state index in [1.807, 2.05) is 12.1 Å². The van der Waals surface area contributed by atoms with Gasteiger partial charge < -0.3 is 4.74 Å². The van der Waals surface area contributed by atoms with E-state index >= 15 is 0 Å². The van der Waals surface area contributed by atoms with Crippen LogP contribution in [-0.4, -0.2) is 13.2 Å². The molecule has 0 atom stereocenters. The number of nitrogens with zero attached hydrogens (tertiary/aromatic N) is 3. The molecular weight excluding hydrogens is 394 g/mol. The average molecular weight is 420 g/mol. The Hall–Kier alpha value is -4.01. The van der Waals surface area contributed by atoms with E-state index < -0.39 is 5.41 Å². The Balaban J connectivity index is 1.81. The van der Waals surface area contributed by atoms with Gasteiger partial charge in [0.15, 0.2) is 0 Å². The number of azide groups is 1. The maximum absolute atomic E-state index is 8.39. The zero-order valence-corrected chi connectivity index (χ0v) is 17.8. The minimum absolute atomic E-state index is 0.438. The quantitative estimate of drug-likeness (QED) is 0.0934. The van der Waals surface area contributed by atoms with Crippen molar-refractivity contribution in [3.05, 3.63) is 148 Å². The van der Waals surface area contributed by atoms with E-state index in [1.54, 1.807) is 0 Å². The smallest absolute Gasteiger partial charge is 0.119 e. The Morgan fingerprint density at radius 3 is 1.50 bits per heavy atom. The molecule has 0 heterocycles. The Labute approximate surface area is 188 Å². The standard InChI is InChI=1S/C28H25N3O/c29-31-30-21-10-22-32-27-19-17-26(18-20-27)28(23-11-4-1-5-12-23,24-13-6-2-7-14-24)25-15-8-3-9-16-25/h1-9,11-20H,10,21-22H2. The molecule has 4 rings (SSSR count). The summed E-state index contributed by atoms with van der Waals surface area (Å²) < 4.78 is 5.85. The molecule has 0 spiro atoms. The molecule has 0 N–H and O–H groups in total. The highest BCUT2D eigenvalue weighted by Crippen LogP contribution is 2.45. The summed E-state index contributed by atoms with van der Waals surface area (Å²) in [6.07, 6.45) is 0.688. The Bertz CT molecular complexity index is 1060. The van der Waals surface area contributed by atoms with Gasteiger partial charge in [-0.05, 0) is 46.3 Å². The zero-order chi connectivity index (χ0) is 22.1. The van der Waals surface area contributed by atoms with Gasteiger partial charge in [-0.1, -0.05) is 108 Å². The first-order valence-corrected chi connectivity index (χ1v) is 10.8. The minimum Gasteiger partial charge on any atom is -0.494 e. The van der Waals surface area contributed by atoms with Crippen molar-refractivity contribution in [2.75, 3.05) is 13.2 Å². The van der Waals surface area contributed by atoms with Crippen molar-refractivity contribution in [1.29, 1.82) is 0 Å². The highest BCUT2D eigenvalue weighted by molar-refractivity contribution is 5.60. The molecule has 0 unspecified atom stereocenters. The van der Waals surface area contributed by atoms with Crippen LogP contribution in [0.4, 0.5) is 0 Å². The fourth-order valence-corrected chi connectivity index (χ4v) is 4.24. The van der Waals surface area contributed by atoms with Crippen LogP contribution in [0.25, 0.3) is 10.4 Å². The van der Waals surface area contributed by atoms with Crippen LogP contribution in [0.3, 0.4) is 0 Å². The summed E-state index contributed by atoms with van der Waals surface area (Å²) in [6.45, 7) is 0.952. The van der Waals surface area contributed by atoms with Crippen LogP contribution in [0.5, 0.6) is 5.75 Å². The average Bonchev–Trinajstić information content (AvgIpc) is 2.87. The van der Waals surface area contributed by atoms with Crippen LogP contribution < -0.4 is 4.74 Å². The molecule has 0 aliphatic rings. The molecule has 0 aliphatic heterocycles. The third-order valence-electron chi connectivity index (χ3n) is 5.64. The van der Waals surface area contributed by atoms with E-state index in [0.29, 0.717) is 19.6 Å². The number of hydrogen-bond acceptors (Lipinski definition) is 2. The molecule has 158 valence electrons.